The van der Waals surface area contributed by atoms with Gasteiger partial charge in [-0.05, 0) is 30.8 Å². The molecule has 0 radical (unpaired) electrons. The number of nitrogens with two attached hydrogens (primary N) is 1. The molecule has 110 valence electrons. The highest BCUT2D eigenvalue weighted by molar-refractivity contribution is 5.38. The van der Waals surface area contributed by atoms with Gasteiger partial charge in [-0.25, -0.2) is 9.37 Å². The van der Waals surface area contributed by atoms with Gasteiger partial charge >= 0.3 is 0 Å². The molecule has 1 aromatic carbocycles. The molecule has 0 bridgehead atoms. The first-order chi connectivity index (χ1) is 10.1. The van der Waals surface area contributed by atoms with Gasteiger partial charge in [0.05, 0.1) is 13.1 Å². The monoisotopic (exact) mass is 286 g/mol. The molecule has 0 saturated carbocycles. The van der Waals surface area contributed by atoms with E-state index in [1.54, 1.807) is 6.20 Å². The molecule has 1 aromatic heterocycles. The van der Waals surface area contributed by atoms with Crippen LogP contribution in [-0.4, -0.2) is 28.0 Å². The van der Waals surface area contributed by atoms with Crippen LogP contribution in [0.1, 0.15) is 17.0 Å². The Kier molecular flexibility index (Phi) is 5.09. The number of benzene rings is 1. The number of halogens is 1. The second-order valence-electron chi connectivity index (χ2n) is 4.98. The quantitative estimate of drug-likeness (QED) is 0.867. The molecular formula is C16H19FN4. The highest BCUT2D eigenvalue weighted by atomic mass is 19.1. The van der Waals surface area contributed by atoms with Gasteiger partial charge in [0.25, 0.3) is 0 Å². The Hall–Kier alpha value is -2.16. The summed E-state index contributed by atoms with van der Waals surface area (Å²) in [4.78, 5) is 6.36. The third kappa shape index (κ3) is 4.42. The molecule has 0 fully saturated rings. The molecule has 21 heavy (non-hydrogen) atoms. The Balaban J connectivity index is 2.08. The zero-order chi connectivity index (χ0) is 15.2. The lowest BCUT2D eigenvalue weighted by molar-refractivity contribution is 0.306. The Morgan fingerprint density at radius 3 is 2.81 bits per heavy atom. The lowest BCUT2D eigenvalue weighted by Crippen LogP contribution is -2.19. The summed E-state index contributed by atoms with van der Waals surface area (Å²) < 4.78 is 15.6. The molecule has 1 heterocycles. The summed E-state index contributed by atoms with van der Waals surface area (Å²) in [6.45, 7) is 1.59. The van der Waals surface area contributed by atoms with Gasteiger partial charge in [0, 0.05) is 31.5 Å². The van der Waals surface area contributed by atoms with Gasteiger partial charge < -0.3 is 10.3 Å². The van der Waals surface area contributed by atoms with Crippen LogP contribution in [0.25, 0.3) is 0 Å². The molecule has 0 aliphatic heterocycles. The third-order valence-corrected chi connectivity index (χ3v) is 3.08. The number of hydrogen-bond donors (Lipinski definition) is 1. The smallest absolute Gasteiger partial charge is 0.124 e. The van der Waals surface area contributed by atoms with Gasteiger partial charge in [-0.1, -0.05) is 11.8 Å². The zero-order valence-corrected chi connectivity index (χ0v) is 12.3. The average Bonchev–Trinajstić information content (AvgIpc) is 2.81. The van der Waals surface area contributed by atoms with Crippen molar-refractivity contribution >= 4 is 0 Å². The van der Waals surface area contributed by atoms with Gasteiger partial charge in [0.15, 0.2) is 0 Å². The van der Waals surface area contributed by atoms with E-state index in [-0.39, 0.29) is 12.4 Å². The van der Waals surface area contributed by atoms with Crippen molar-refractivity contribution in [3.8, 4) is 11.8 Å². The highest BCUT2D eigenvalue weighted by Crippen LogP contribution is 2.12. The van der Waals surface area contributed by atoms with Crippen molar-refractivity contribution in [1.82, 2.24) is 14.5 Å². The van der Waals surface area contributed by atoms with E-state index in [0.29, 0.717) is 18.7 Å². The molecule has 0 saturated heterocycles. The molecule has 0 amide bonds. The molecule has 4 nitrogen and oxygen atoms in total. The molecule has 2 aromatic rings. The van der Waals surface area contributed by atoms with Gasteiger partial charge in [-0.15, -0.1) is 0 Å². The summed E-state index contributed by atoms with van der Waals surface area (Å²) >= 11 is 0. The van der Waals surface area contributed by atoms with E-state index in [2.05, 4.69) is 21.7 Å². The van der Waals surface area contributed by atoms with Crippen LogP contribution < -0.4 is 5.73 Å². The molecule has 0 atom stereocenters. The van der Waals surface area contributed by atoms with Crippen LogP contribution in [0, 0.1) is 17.7 Å². The third-order valence-electron chi connectivity index (χ3n) is 3.08. The number of nitrogens with zero attached hydrogens (tertiary/aromatic N) is 3. The van der Waals surface area contributed by atoms with E-state index in [1.165, 1.54) is 12.1 Å². The van der Waals surface area contributed by atoms with Crippen molar-refractivity contribution in [2.75, 3.05) is 13.6 Å². The van der Waals surface area contributed by atoms with E-state index < -0.39 is 0 Å². The maximum absolute atomic E-state index is 13.6. The first kappa shape index (κ1) is 15.2. The Morgan fingerprint density at radius 2 is 2.14 bits per heavy atom. The molecule has 5 heteroatoms. The highest BCUT2D eigenvalue weighted by Gasteiger charge is 2.07. The van der Waals surface area contributed by atoms with Crippen LogP contribution >= 0.6 is 0 Å². The summed E-state index contributed by atoms with van der Waals surface area (Å²) in [6, 6.07) is 4.84. The first-order valence-electron chi connectivity index (χ1n) is 6.71. The second kappa shape index (κ2) is 7.02. The summed E-state index contributed by atoms with van der Waals surface area (Å²) in [5, 5.41) is 0. The van der Waals surface area contributed by atoms with Crippen LogP contribution in [0.3, 0.4) is 0 Å². The zero-order valence-electron chi connectivity index (χ0n) is 12.3. The van der Waals surface area contributed by atoms with Gasteiger partial charge in [-0.2, -0.15) is 0 Å². The lowest BCUT2D eigenvalue weighted by atomic mass is 10.1. The predicted molar refractivity (Wildman–Crippen MR) is 80.7 cm³/mol. The minimum Gasteiger partial charge on any atom is -0.337 e. The molecule has 0 aliphatic rings. The van der Waals surface area contributed by atoms with E-state index in [9.17, 15) is 4.39 Å². The topological polar surface area (TPSA) is 47.1 Å². The summed E-state index contributed by atoms with van der Waals surface area (Å²) in [6.07, 6.45) is 3.68. The largest absolute Gasteiger partial charge is 0.337 e. The minimum atomic E-state index is -0.279. The van der Waals surface area contributed by atoms with Crippen molar-refractivity contribution in [3.05, 3.63) is 53.4 Å². The Labute approximate surface area is 124 Å². The second-order valence-corrected chi connectivity index (χ2v) is 4.98. The fourth-order valence-corrected chi connectivity index (χ4v) is 2.12. The van der Waals surface area contributed by atoms with E-state index in [1.807, 2.05) is 30.9 Å². The predicted octanol–water partition coefficient (Wildman–Crippen LogP) is 1.50. The summed E-state index contributed by atoms with van der Waals surface area (Å²) in [5.74, 6) is 6.29. The van der Waals surface area contributed by atoms with E-state index in [0.717, 1.165) is 11.4 Å². The Bertz CT molecular complexity index is 666. The molecular weight excluding hydrogens is 267 g/mol. The van der Waals surface area contributed by atoms with Gasteiger partial charge in [0.1, 0.15) is 11.6 Å². The molecule has 2 N–H and O–H groups in total. The van der Waals surface area contributed by atoms with Crippen LogP contribution in [0.4, 0.5) is 4.39 Å². The fourth-order valence-electron chi connectivity index (χ4n) is 2.12. The molecule has 2 rings (SSSR count). The number of aryl methyl sites for hydroxylation is 1. The Morgan fingerprint density at radius 1 is 1.33 bits per heavy atom. The first-order valence-corrected chi connectivity index (χ1v) is 6.71. The van der Waals surface area contributed by atoms with Gasteiger partial charge in [0.2, 0.25) is 0 Å². The van der Waals surface area contributed by atoms with Crippen LogP contribution in [0.2, 0.25) is 0 Å². The SMILES string of the molecule is CN(Cc1cc(F)cc(C#CCN)c1)Cc1nccn1C. The van der Waals surface area contributed by atoms with Crippen LogP contribution in [-0.2, 0) is 20.1 Å². The maximum Gasteiger partial charge on any atom is 0.124 e. The molecule has 0 unspecified atom stereocenters. The maximum atomic E-state index is 13.6. The van der Waals surface area contributed by atoms with Crippen molar-refractivity contribution in [3.63, 3.8) is 0 Å². The van der Waals surface area contributed by atoms with Gasteiger partial charge in [-0.3, -0.25) is 4.90 Å². The normalized spacial score (nSPS) is 10.5. The lowest BCUT2D eigenvalue weighted by Gasteiger charge is -2.16. The van der Waals surface area contributed by atoms with Crippen molar-refractivity contribution < 1.29 is 4.39 Å². The molecule has 0 aliphatic carbocycles. The van der Waals surface area contributed by atoms with Crippen LogP contribution in [0.15, 0.2) is 30.6 Å². The van der Waals surface area contributed by atoms with Crippen molar-refractivity contribution in [2.24, 2.45) is 12.8 Å². The molecule has 0 spiro atoms. The standard InChI is InChI=1S/C16H19FN4/c1-20(12-16-19-6-7-21(16)2)11-14-8-13(4-3-5-18)9-15(17)10-14/h6-10H,5,11-12,18H2,1-2H3. The fraction of sp³-hybridized carbons (Fsp3) is 0.312. The van der Waals surface area contributed by atoms with E-state index in [4.69, 9.17) is 5.73 Å². The average molecular weight is 286 g/mol. The van der Waals surface area contributed by atoms with Crippen molar-refractivity contribution in [1.29, 1.82) is 0 Å². The van der Waals surface area contributed by atoms with Crippen molar-refractivity contribution in [2.45, 2.75) is 13.1 Å². The van der Waals surface area contributed by atoms with E-state index >= 15 is 0 Å². The minimum absolute atomic E-state index is 0.269. The summed E-state index contributed by atoms with van der Waals surface area (Å²) in [7, 11) is 3.93. The number of aromatic nitrogens is 2. The summed E-state index contributed by atoms with van der Waals surface area (Å²) in [5.41, 5.74) is 6.87. The number of hydrogen-bond acceptors (Lipinski definition) is 3. The number of rotatable bonds is 4. The number of imidazole rings is 1. The van der Waals surface area contributed by atoms with Crippen LogP contribution in [0.5, 0.6) is 0 Å².